The minimum Gasteiger partial charge on any atom is -0.451 e. The number of ether oxygens (including phenoxy) is 2. The van der Waals surface area contributed by atoms with E-state index in [1.807, 2.05) is 12.1 Å². The molecule has 0 saturated heterocycles. The van der Waals surface area contributed by atoms with Gasteiger partial charge >= 0.3 is 11.9 Å². The fourth-order valence-electron chi connectivity index (χ4n) is 4.81. The van der Waals surface area contributed by atoms with Gasteiger partial charge in [0.1, 0.15) is 11.2 Å². The van der Waals surface area contributed by atoms with Gasteiger partial charge in [0.05, 0.1) is 0 Å². The number of carbonyl (C=O) groups is 2. The molecule has 2 aliphatic rings. The van der Waals surface area contributed by atoms with Gasteiger partial charge < -0.3 is 30.3 Å². The van der Waals surface area contributed by atoms with Crippen LogP contribution in [-0.4, -0.2) is 60.5 Å². The van der Waals surface area contributed by atoms with Crippen molar-refractivity contribution in [3.8, 4) is 0 Å². The quantitative estimate of drug-likeness (QED) is 0.430. The summed E-state index contributed by atoms with van der Waals surface area (Å²) in [5.41, 5.74) is 0.933. The number of hydrogen-bond donors (Lipinski definition) is 4. The molecule has 4 N–H and O–H groups in total. The van der Waals surface area contributed by atoms with Gasteiger partial charge in [0.2, 0.25) is 0 Å². The van der Waals surface area contributed by atoms with Crippen LogP contribution in [0.1, 0.15) is 36.1 Å². The summed E-state index contributed by atoms with van der Waals surface area (Å²) in [4.78, 5) is 25.8. The number of aliphatic hydroxyl groups is 2. The van der Waals surface area contributed by atoms with Gasteiger partial charge in [-0.3, -0.25) is 0 Å². The summed E-state index contributed by atoms with van der Waals surface area (Å²) in [5.74, 6) is -2.30. The summed E-state index contributed by atoms with van der Waals surface area (Å²) in [7, 11) is 0. The Hall–Kier alpha value is -2.20. The summed E-state index contributed by atoms with van der Waals surface area (Å²) >= 11 is 12.4. The van der Waals surface area contributed by atoms with Gasteiger partial charge in [0.25, 0.3) is 0 Å². The smallest absolute Gasteiger partial charge is 0.339 e. The van der Waals surface area contributed by atoms with E-state index in [0.29, 0.717) is 47.1 Å². The maximum atomic E-state index is 12.9. The van der Waals surface area contributed by atoms with Crippen molar-refractivity contribution in [1.82, 2.24) is 10.6 Å². The lowest BCUT2D eigenvalue weighted by Gasteiger charge is -2.33. The van der Waals surface area contributed by atoms with Gasteiger partial charge in [0, 0.05) is 34.3 Å². The lowest BCUT2D eigenvalue weighted by Crippen LogP contribution is -2.49. The Bertz CT molecular complexity index is 1070. The highest BCUT2D eigenvalue weighted by molar-refractivity contribution is 6.31. The summed E-state index contributed by atoms with van der Waals surface area (Å²) in [5, 5.41) is 28.5. The predicted octanol–water partition coefficient (Wildman–Crippen LogP) is 2.22. The molecule has 36 heavy (non-hydrogen) atoms. The zero-order chi connectivity index (χ0) is 26.1. The van der Waals surface area contributed by atoms with Gasteiger partial charge in [-0.1, -0.05) is 35.3 Å². The highest BCUT2D eigenvalue weighted by Crippen LogP contribution is 2.34. The predicted molar refractivity (Wildman–Crippen MR) is 135 cm³/mol. The van der Waals surface area contributed by atoms with Crippen LogP contribution in [0.2, 0.25) is 10.0 Å². The van der Waals surface area contributed by atoms with Crippen molar-refractivity contribution < 1.29 is 29.3 Å². The molecule has 2 heterocycles. The molecule has 2 aromatic rings. The SMILES string of the molecule is CC1(OC(=O)C(O)C(O)C(=O)OC2(C)CNCCc3ccc(Cl)cc32)CNCCc2ccc(Cl)cc21. The number of esters is 2. The monoisotopic (exact) mass is 536 g/mol. The largest absolute Gasteiger partial charge is 0.451 e. The molecule has 8 nitrogen and oxygen atoms in total. The molecule has 0 spiro atoms. The van der Waals surface area contributed by atoms with E-state index in [4.69, 9.17) is 32.7 Å². The second kappa shape index (κ2) is 10.7. The molecule has 194 valence electrons. The van der Waals surface area contributed by atoms with E-state index in [9.17, 15) is 19.8 Å². The van der Waals surface area contributed by atoms with Crippen LogP contribution >= 0.6 is 23.2 Å². The van der Waals surface area contributed by atoms with E-state index in [0.717, 1.165) is 11.1 Å². The molecule has 2 aromatic carbocycles. The van der Waals surface area contributed by atoms with Crippen LogP contribution in [0.25, 0.3) is 0 Å². The van der Waals surface area contributed by atoms with Gasteiger partial charge in [-0.05, 0) is 75.2 Å². The van der Waals surface area contributed by atoms with Gasteiger partial charge in [-0.25, -0.2) is 9.59 Å². The maximum absolute atomic E-state index is 12.9. The molecule has 0 saturated carbocycles. The van der Waals surface area contributed by atoms with Crippen LogP contribution in [0.15, 0.2) is 36.4 Å². The first-order chi connectivity index (χ1) is 17.0. The van der Waals surface area contributed by atoms with Crippen molar-refractivity contribution in [3.63, 3.8) is 0 Å². The molecule has 4 unspecified atom stereocenters. The molecule has 2 aliphatic heterocycles. The first-order valence-electron chi connectivity index (χ1n) is 11.8. The van der Waals surface area contributed by atoms with E-state index in [-0.39, 0.29) is 13.1 Å². The summed E-state index contributed by atoms with van der Waals surface area (Å²) in [6.07, 6.45) is -2.90. The highest BCUT2D eigenvalue weighted by atomic mass is 35.5. The molecule has 0 amide bonds. The molecule has 4 atom stereocenters. The third kappa shape index (κ3) is 5.54. The Morgan fingerprint density at radius 2 is 1.19 bits per heavy atom. The molecule has 0 aromatic heterocycles. The van der Waals surface area contributed by atoms with Crippen molar-refractivity contribution in [2.75, 3.05) is 26.2 Å². The standard InChI is InChI=1S/C26H30Cl2N2O6/c1-25(13-29-9-7-15-3-5-17(27)11-19(15)25)35-23(33)21(31)22(32)24(34)36-26(2)14-30-10-8-16-4-6-18(28)12-20(16)26/h3-6,11-12,21-22,29-32H,7-10,13-14H2,1-2H3. The molecule has 0 radical (unpaired) electrons. The third-order valence-corrected chi connectivity index (χ3v) is 7.25. The van der Waals surface area contributed by atoms with Gasteiger partial charge in [-0.15, -0.1) is 0 Å². The first-order valence-corrected chi connectivity index (χ1v) is 12.6. The number of benzene rings is 2. The van der Waals surface area contributed by atoms with E-state index in [2.05, 4.69) is 10.6 Å². The molecule has 0 fully saturated rings. The Morgan fingerprint density at radius 1 is 0.806 bits per heavy atom. The zero-order valence-electron chi connectivity index (χ0n) is 20.1. The lowest BCUT2D eigenvalue weighted by molar-refractivity contribution is -0.189. The second-order valence-corrected chi connectivity index (χ2v) is 10.5. The minimum absolute atomic E-state index is 0.265. The van der Waals surface area contributed by atoms with E-state index < -0.39 is 35.3 Å². The van der Waals surface area contributed by atoms with Crippen LogP contribution in [0.3, 0.4) is 0 Å². The average molecular weight is 537 g/mol. The van der Waals surface area contributed by atoms with Gasteiger partial charge in [0.15, 0.2) is 12.2 Å². The number of carbonyl (C=O) groups excluding carboxylic acids is 2. The first kappa shape index (κ1) is 26.9. The van der Waals surface area contributed by atoms with Crippen molar-refractivity contribution in [3.05, 3.63) is 68.7 Å². The van der Waals surface area contributed by atoms with E-state index in [1.54, 1.807) is 38.1 Å². The van der Waals surface area contributed by atoms with Gasteiger partial charge in [-0.2, -0.15) is 0 Å². The number of halogens is 2. The third-order valence-electron chi connectivity index (χ3n) is 6.78. The van der Waals surface area contributed by atoms with E-state index in [1.165, 1.54) is 0 Å². The van der Waals surface area contributed by atoms with Crippen molar-refractivity contribution in [2.24, 2.45) is 0 Å². The number of fused-ring (bicyclic) bond motifs is 2. The highest BCUT2D eigenvalue weighted by Gasteiger charge is 2.43. The van der Waals surface area contributed by atoms with Crippen LogP contribution in [0.5, 0.6) is 0 Å². The summed E-state index contributed by atoms with van der Waals surface area (Å²) < 4.78 is 11.3. The number of rotatable bonds is 5. The lowest BCUT2D eigenvalue weighted by atomic mass is 9.90. The van der Waals surface area contributed by atoms with E-state index >= 15 is 0 Å². The van der Waals surface area contributed by atoms with Crippen LogP contribution in [0.4, 0.5) is 0 Å². The Balaban J connectivity index is 1.50. The summed E-state index contributed by atoms with van der Waals surface area (Å²) in [6.45, 7) is 5.24. The van der Waals surface area contributed by atoms with Crippen LogP contribution in [0, 0.1) is 0 Å². The zero-order valence-corrected chi connectivity index (χ0v) is 21.7. The second-order valence-electron chi connectivity index (χ2n) is 9.65. The molecule has 4 rings (SSSR count). The molecule has 10 heteroatoms. The number of nitrogens with one attached hydrogen (secondary N) is 2. The molecule has 0 aliphatic carbocycles. The number of hydrogen-bond acceptors (Lipinski definition) is 8. The van der Waals surface area contributed by atoms with Crippen LogP contribution in [-0.2, 0) is 43.1 Å². The number of aliphatic hydroxyl groups excluding tert-OH is 2. The average Bonchev–Trinajstić information content (AvgIpc) is 3.09. The normalized spacial score (nSPS) is 25.4. The Morgan fingerprint density at radius 3 is 1.58 bits per heavy atom. The minimum atomic E-state index is -2.15. The Labute approximate surface area is 219 Å². The fraction of sp³-hybridized carbons (Fsp3) is 0.462. The van der Waals surface area contributed by atoms with Crippen molar-refractivity contribution in [2.45, 2.75) is 50.1 Å². The van der Waals surface area contributed by atoms with Crippen molar-refractivity contribution >= 4 is 35.1 Å². The summed E-state index contributed by atoms with van der Waals surface area (Å²) in [6, 6.07) is 10.7. The van der Waals surface area contributed by atoms with Crippen LogP contribution < -0.4 is 10.6 Å². The molecular weight excluding hydrogens is 507 g/mol. The fourth-order valence-corrected chi connectivity index (χ4v) is 5.16. The topological polar surface area (TPSA) is 117 Å². The van der Waals surface area contributed by atoms with Crippen molar-refractivity contribution in [1.29, 1.82) is 0 Å². The Kier molecular flexibility index (Phi) is 7.95. The molecular formula is C26H30Cl2N2O6. The maximum Gasteiger partial charge on any atom is 0.339 e. The molecule has 0 bridgehead atoms.